The number of benzene rings is 3. The van der Waals surface area contributed by atoms with Crippen molar-refractivity contribution in [2.45, 2.75) is 52.4 Å². The summed E-state index contributed by atoms with van der Waals surface area (Å²) in [6.45, 7) is 13.6. The van der Waals surface area contributed by atoms with E-state index in [0.717, 1.165) is 0 Å². The molecule has 0 aliphatic rings. The molecule has 1 heterocycles. The van der Waals surface area contributed by atoms with Gasteiger partial charge in [0.25, 0.3) is 0 Å². The highest BCUT2D eigenvalue weighted by Crippen LogP contribution is 2.39. The fourth-order valence-corrected chi connectivity index (χ4v) is 4.83. The second kappa shape index (κ2) is 7.44. The van der Waals surface area contributed by atoms with Gasteiger partial charge in [-0.05, 0) is 63.4 Å². The van der Waals surface area contributed by atoms with Gasteiger partial charge in [-0.3, -0.25) is 0 Å². The summed E-state index contributed by atoms with van der Waals surface area (Å²) in [6, 6.07) is 19.8. The Hall–Kier alpha value is -2.30. The van der Waals surface area contributed by atoms with Crippen LogP contribution in [0, 0.1) is 0 Å². The molecule has 0 saturated carbocycles. The molecule has 0 radical (unpaired) electrons. The summed E-state index contributed by atoms with van der Waals surface area (Å²) in [5, 5.41) is 11.5. The van der Waals surface area contributed by atoms with Crippen molar-refractivity contribution in [1.29, 1.82) is 0 Å². The molecule has 0 bridgehead atoms. The molecule has 0 atom stereocenters. The lowest BCUT2D eigenvalue weighted by atomic mass is 9.79. The van der Waals surface area contributed by atoms with E-state index in [1.807, 2.05) is 12.1 Å². The number of thiophene rings is 1. The van der Waals surface area contributed by atoms with E-state index in [2.05, 4.69) is 84.0 Å². The van der Waals surface area contributed by atoms with Gasteiger partial charge in [0, 0.05) is 20.2 Å². The summed E-state index contributed by atoms with van der Waals surface area (Å²) in [5.74, 6) is 0.694. The molecule has 0 aliphatic heterocycles. The first-order valence-corrected chi connectivity index (χ1v) is 11.2. The molecule has 154 valence electrons. The topological polar surface area (TPSA) is 29.5 Å². The molecule has 4 aromatic rings. The van der Waals surface area contributed by atoms with E-state index in [9.17, 15) is 0 Å². The first-order valence-electron chi connectivity index (χ1n) is 10.4. The first-order chi connectivity index (χ1) is 14.1. The zero-order chi connectivity index (χ0) is 21.7. The number of hydrogen-bond donors (Lipinski definition) is 1. The largest absolute Gasteiger partial charge is 0.539 e. The molecule has 0 saturated heterocycles. The van der Waals surface area contributed by atoms with E-state index < -0.39 is 0 Å². The van der Waals surface area contributed by atoms with E-state index in [4.69, 9.17) is 9.68 Å². The maximum atomic E-state index is 9.11. The molecule has 30 heavy (non-hydrogen) atoms. The minimum Gasteiger partial charge on any atom is -0.539 e. The lowest BCUT2D eigenvalue weighted by molar-refractivity contribution is 0.454. The van der Waals surface area contributed by atoms with Gasteiger partial charge in [0.1, 0.15) is 5.75 Å². The molecule has 1 N–H and O–H groups in total. The van der Waals surface area contributed by atoms with E-state index in [0.29, 0.717) is 5.75 Å². The highest BCUT2D eigenvalue weighted by Gasteiger charge is 2.21. The minimum absolute atomic E-state index is 0.0890. The van der Waals surface area contributed by atoms with Crippen LogP contribution in [0.2, 0.25) is 0 Å². The molecule has 4 rings (SSSR count). The third kappa shape index (κ3) is 3.99. The lowest BCUT2D eigenvalue weighted by Gasteiger charge is -2.26. The van der Waals surface area contributed by atoms with E-state index in [1.54, 1.807) is 11.3 Å². The molecule has 0 spiro atoms. The van der Waals surface area contributed by atoms with Gasteiger partial charge < -0.3 is 9.68 Å². The fourth-order valence-electron chi connectivity index (χ4n) is 3.76. The van der Waals surface area contributed by atoms with Crippen molar-refractivity contribution in [1.82, 2.24) is 0 Å². The van der Waals surface area contributed by atoms with Gasteiger partial charge in [0.2, 0.25) is 0 Å². The van der Waals surface area contributed by atoms with Crippen LogP contribution >= 0.6 is 11.3 Å². The Morgan fingerprint density at radius 2 is 1.27 bits per heavy atom. The van der Waals surface area contributed by atoms with E-state index in [1.165, 1.54) is 42.4 Å². The third-order valence-electron chi connectivity index (χ3n) is 5.67. The average Bonchev–Trinajstić information content (AvgIpc) is 3.04. The second-order valence-electron chi connectivity index (χ2n) is 10.0. The Balaban J connectivity index is 1.92. The smallest absolute Gasteiger partial charge is 0.504 e. The van der Waals surface area contributed by atoms with Gasteiger partial charge in [-0.15, -0.1) is 11.3 Å². The van der Waals surface area contributed by atoms with Gasteiger partial charge in [0.15, 0.2) is 0 Å². The van der Waals surface area contributed by atoms with Gasteiger partial charge >= 0.3 is 7.69 Å². The van der Waals surface area contributed by atoms with Crippen molar-refractivity contribution in [2.75, 3.05) is 0 Å². The SMILES string of the molecule is CC(C)(C)c1cc(-c2ccc3sc4ccc(OBO)cc4c3c2)cc(C(C)(C)C)c1. The molecule has 4 heteroatoms. The van der Waals surface area contributed by atoms with Crippen molar-refractivity contribution >= 4 is 39.2 Å². The van der Waals surface area contributed by atoms with Crippen molar-refractivity contribution in [3.05, 3.63) is 65.7 Å². The standard InChI is InChI=1S/C26H29BO2S/c1-25(2,3)18-11-17(12-19(14-18)26(4,5)6)16-7-9-23-21(13-16)22-15-20(29-27-28)8-10-24(22)30-23/h7-15,27-28H,1-6H3. The predicted molar refractivity (Wildman–Crippen MR) is 132 cm³/mol. The predicted octanol–water partition coefficient (Wildman–Crippen LogP) is 6.95. The summed E-state index contributed by atoms with van der Waals surface area (Å²) in [7, 11) is -0.312. The van der Waals surface area contributed by atoms with Gasteiger partial charge in [-0.25, -0.2) is 0 Å². The monoisotopic (exact) mass is 416 g/mol. The first kappa shape index (κ1) is 21.0. The Bertz CT molecular complexity index is 1190. The van der Waals surface area contributed by atoms with Crippen LogP contribution in [0.25, 0.3) is 31.3 Å². The number of fused-ring (bicyclic) bond motifs is 3. The van der Waals surface area contributed by atoms with Crippen LogP contribution in [0.5, 0.6) is 5.75 Å². The van der Waals surface area contributed by atoms with E-state index in [-0.39, 0.29) is 18.5 Å². The van der Waals surface area contributed by atoms with Crippen LogP contribution in [0.3, 0.4) is 0 Å². The molecule has 1 aromatic heterocycles. The normalized spacial score (nSPS) is 12.5. The van der Waals surface area contributed by atoms with Gasteiger partial charge in [-0.1, -0.05) is 65.8 Å². The minimum atomic E-state index is -0.312. The molecular weight excluding hydrogens is 387 g/mol. The Labute approximate surface area is 183 Å². The molecule has 0 aliphatic carbocycles. The van der Waals surface area contributed by atoms with Crippen LogP contribution in [-0.2, 0) is 10.8 Å². The highest BCUT2D eigenvalue weighted by molar-refractivity contribution is 7.25. The Morgan fingerprint density at radius 3 is 1.83 bits per heavy atom. The van der Waals surface area contributed by atoms with Crippen molar-refractivity contribution < 1.29 is 9.68 Å². The van der Waals surface area contributed by atoms with Gasteiger partial charge in [-0.2, -0.15) is 0 Å². The zero-order valence-corrected chi connectivity index (χ0v) is 19.5. The van der Waals surface area contributed by atoms with Crippen molar-refractivity contribution in [3.8, 4) is 16.9 Å². The van der Waals surface area contributed by atoms with Crippen molar-refractivity contribution in [2.24, 2.45) is 0 Å². The third-order valence-corrected chi connectivity index (χ3v) is 6.82. The quantitative estimate of drug-likeness (QED) is 0.366. The second-order valence-corrected chi connectivity index (χ2v) is 11.1. The van der Waals surface area contributed by atoms with Crippen LogP contribution in [0.4, 0.5) is 0 Å². The van der Waals surface area contributed by atoms with Crippen LogP contribution in [-0.4, -0.2) is 12.7 Å². The van der Waals surface area contributed by atoms with Gasteiger partial charge in [0.05, 0.1) is 0 Å². The summed E-state index contributed by atoms with van der Waals surface area (Å²) >= 11 is 1.79. The van der Waals surface area contributed by atoms with E-state index >= 15 is 0 Å². The summed E-state index contributed by atoms with van der Waals surface area (Å²) in [5.41, 5.74) is 5.39. The summed E-state index contributed by atoms with van der Waals surface area (Å²) < 4.78 is 7.80. The highest BCUT2D eigenvalue weighted by atomic mass is 32.1. The molecule has 0 unspecified atom stereocenters. The number of hydrogen-bond acceptors (Lipinski definition) is 3. The molecular formula is C26H29BO2S. The summed E-state index contributed by atoms with van der Waals surface area (Å²) in [4.78, 5) is 0. The maximum Gasteiger partial charge on any atom is 0.504 e. The summed E-state index contributed by atoms with van der Waals surface area (Å²) in [6.07, 6.45) is 0. The van der Waals surface area contributed by atoms with Crippen LogP contribution in [0.15, 0.2) is 54.6 Å². The molecule has 0 amide bonds. The average molecular weight is 416 g/mol. The van der Waals surface area contributed by atoms with Crippen LogP contribution in [0.1, 0.15) is 52.7 Å². The van der Waals surface area contributed by atoms with Crippen LogP contribution < -0.4 is 4.65 Å². The number of rotatable bonds is 3. The Kier molecular flexibility index (Phi) is 5.20. The molecule has 0 fully saturated rings. The lowest BCUT2D eigenvalue weighted by Crippen LogP contribution is -2.16. The Morgan fingerprint density at radius 1 is 0.700 bits per heavy atom. The molecule has 3 aromatic carbocycles. The zero-order valence-electron chi connectivity index (χ0n) is 18.7. The van der Waals surface area contributed by atoms with Crippen molar-refractivity contribution in [3.63, 3.8) is 0 Å². The fraction of sp³-hybridized carbons (Fsp3) is 0.308. The molecule has 2 nitrogen and oxygen atoms in total. The maximum absolute atomic E-state index is 9.11.